The van der Waals surface area contributed by atoms with Gasteiger partial charge in [-0.3, -0.25) is 9.59 Å². The largest absolute Gasteiger partial charge is 0.484 e. The molecule has 4 atom stereocenters. The van der Waals surface area contributed by atoms with Crippen molar-refractivity contribution in [2.24, 2.45) is 11.8 Å². The number of nitrogens with one attached hydrogen (secondary N) is 4. The van der Waals surface area contributed by atoms with Crippen LogP contribution in [0, 0.1) is 17.7 Å². The molecule has 2 amide bonds. The summed E-state index contributed by atoms with van der Waals surface area (Å²) in [6, 6.07) is 4.00. The third-order valence-corrected chi connectivity index (χ3v) is 6.09. The number of hydrogen-bond acceptors (Lipinski definition) is 6. The maximum atomic E-state index is 13.4. The highest BCUT2D eigenvalue weighted by molar-refractivity contribution is 6.30. The fraction of sp³-hybridized carbons (Fsp3) is 0.579. The van der Waals surface area contributed by atoms with E-state index in [2.05, 4.69) is 21.5 Å². The standard InChI is InChI=1S/C19H24ClFN4O4/c1-9-24-25-19(29-9)18(27)23-16-7-15(10-4-11(16)5-10)22-17(26)8-28-12-2-3-13(20)14(21)6-12/h2-3,6,9-11,15-16,19,24-25H,4-5,7-8H2,1H3,(H,22,26)(H,23,27)/t9?,10?,11?,15-,16?,19?/m0/s1. The van der Waals surface area contributed by atoms with Crippen molar-refractivity contribution in [2.45, 2.75) is 50.7 Å². The number of hydrogen-bond donors (Lipinski definition) is 4. The van der Waals surface area contributed by atoms with Crippen LogP contribution < -0.4 is 26.2 Å². The lowest BCUT2D eigenvalue weighted by molar-refractivity contribution is -0.135. The van der Waals surface area contributed by atoms with E-state index in [-0.39, 0.29) is 47.5 Å². The van der Waals surface area contributed by atoms with E-state index in [0.29, 0.717) is 18.3 Å². The molecular weight excluding hydrogens is 403 g/mol. The predicted molar refractivity (Wildman–Crippen MR) is 102 cm³/mol. The second kappa shape index (κ2) is 8.43. The first-order valence-corrected chi connectivity index (χ1v) is 10.1. The lowest BCUT2D eigenvalue weighted by atomic mass is 9.60. The summed E-state index contributed by atoms with van der Waals surface area (Å²) in [5.74, 6) is -0.00695. The smallest absolute Gasteiger partial charge is 0.265 e. The van der Waals surface area contributed by atoms with Crippen LogP contribution in [0.1, 0.15) is 26.2 Å². The maximum absolute atomic E-state index is 13.4. The highest BCUT2D eigenvalue weighted by Gasteiger charge is 2.47. The fourth-order valence-electron chi connectivity index (χ4n) is 4.19. The van der Waals surface area contributed by atoms with Crippen molar-refractivity contribution in [3.63, 3.8) is 0 Å². The summed E-state index contributed by atoms with van der Waals surface area (Å²) in [6.07, 6.45) is 1.65. The Balaban J connectivity index is 1.26. The zero-order valence-corrected chi connectivity index (χ0v) is 16.7. The lowest BCUT2D eigenvalue weighted by Gasteiger charge is -2.51. The van der Waals surface area contributed by atoms with Crippen molar-refractivity contribution in [3.05, 3.63) is 29.0 Å². The Bertz CT molecular complexity index is 791. The number of ether oxygens (including phenoxy) is 2. The molecule has 3 unspecified atom stereocenters. The lowest BCUT2D eigenvalue weighted by Crippen LogP contribution is -2.61. The number of amides is 2. The van der Waals surface area contributed by atoms with E-state index in [1.54, 1.807) is 0 Å². The van der Waals surface area contributed by atoms with Crippen LogP contribution >= 0.6 is 11.6 Å². The Hall–Kier alpha value is -1.94. The SMILES string of the molecule is CC1NNC(C(=O)NC2C[C@H](NC(=O)COc3ccc(Cl)c(F)c3)C3CC2C3)O1. The molecule has 1 aliphatic heterocycles. The van der Waals surface area contributed by atoms with Gasteiger partial charge in [-0.2, -0.15) is 0 Å². The predicted octanol–water partition coefficient (Wildman–Crippen LogP) is 1.05. The molecule has 29 heavy (non-hydrogen) atoms. The first kappa shape index (κ1) is 20.3. The van der Waals surface area contributed by atoms with Gasteiger partial charge in [0.15, 0.2) is 6.61 Å². The summed E-state index contributed by atoms with van der Waals surface area (Å²) in [5, 5.41) is 6.03. The monoisotopic (exact) mass is 426 g/mol. The number of hydrazine groups is 1. The van der Waals surface area contributed by atoms with E-state index in [0.717, 1.165) is 18.9 Å². The Morgan fingerprint density at radius 3 is 2.59 bits per heavy atom. The van der Waals surface area contributed by atoms with E-state index in [1.165, 1.54) is 12.1 Å². The minimum Gasteiger partial charge on any atom is -0.484 e. The molecule has 158 valence electrons. The van der Waals surface area contributed by atoms with E-state index >= 15 is 0 Å². The summed E-state index contributed by atoms with van der Waals surface area (Å²) < 4.78 is 24.2. The number of halogens is 2. The second-order valence-corrected chi connectivity index (χ2v) is 8.24. The van der Waals surface area contributed by atoms with Gasteiger partial charge in [0.1, 0.15) is 17.8 Å². The Kier molecular flexibility index (Phi) is 5.91. The quantitative estimate of drug-likeness (QED) is 0.542. The van der Waals surface area contributed by atoms with Gasteiger partial charge in [0.25, 0.3) is 11.8 Å². The molecule has 0 radical (unpaired) electrons. The molecule has 2 bridgehead atoms. The number of carbonyl (C=O) groups excluding carboxylic acids is 2. The first-order valence-electron chi connectivity index (χ1n) is 9.73. The zero-order valence-electron chi connectivity index (χ0n) is 15.9. The maximum Gasteiger partial charge on any atom is 0.265 e. The van der Waals surface area contributed by atoms with E-state index in [4.69, 9.17) is 21.1 Å². The molecule has 3 saturated carbocycles. The van der Waals surface area contributed by atoms with E-state index in [1.807, 2.05) is 6.92 Å². The average Bonchev–Trinajstić information content (AvgIpc) is 3.08. The van der Waals surface area contributed by atoms with Crippen LogP contribution in [0.5, 0.6) is 5.75 Å². The van der Waals surface area contributed by atoms with Crippen LogP contribution in [0.15, 0.2) is 18.2 Å². The molecule has 1 heterocycles. The Labute approximate surface area is 172 Å². The molecule has 8 nitrogen and oxygen atoms in total. The molecule has 1 aromatic carbocycles. The second-order valence-electron chi connectivity index (χ2n) is 7.83. The summed E-state index contributed by atoms with van der Waals surface area (Å²) >= 11 is 5.64. The van der Waals surface area contributed by atoms with Gasteiger partial charge >= 0.3 is 0 Å². The highest BCUT2D eigenvalue weighted by Crippen LogP contribution is 2.45. The topological polar surface area (TPSA) is 101 Å². The number of carbonyl (C=O) groups is 2. The Morgan fingerprint density at radius 2 is 1.93 bits per heavy atom. The first-order chi connectivity index (χ1) is 13.9. The minimum absolute atomic E-state index is 0.0000706. The van der Waals surface area contributed by atoms with Crippen LogP contribution in [0.3, 0.4) is 0 Å². The molecule has 0 aromatic heterocycles. The van der Waals surface area contributed by atoms with E-state index < -0.39 is 12.0 Å². The zero-order chi connectivity index (χ0) is 20.5. The van der Waals surface area contributed by atoms with Crippen molar-refractivity contribution in [1.82, 2.24) is 21.5 Å². The van der Waals surface area contributed by atoms with Gasteiger partial charge in [0, 0.05) is 18.2 Å². The molecule has 10 heteroatoms. The van der Waals surface area contributed by atoms with Gasteiger partial charge < -0.3 is 20.1 Å². The molecule has 3 aliphatic carbocycles. The molecule has 4 fully saturated rings. The van der Waals surface area contributed by atoms with Gasteiger partial charge in [-0.15, -0.1) is 0 Å². The van der Waals surface area contributed by atoms with Crippen molar-refractivity contribution >= 4 is 23.4 Å². The summed E-state index contributed by atoms with van der Waals surface area (Å²) in [7, 11) is 0. The van der Waals surface area contributed by atoms with Crippen LogP contribution in [0.2, 0.25) is 5.02 Å². The number of benzene rings is 1. The van der Waals surface area contributed by atoms with Gasteiger partial charge in [-0.05, 0) is 50.2 Å². The molecule has 0 spiro atoms. The Morgan fingerprint density at radius 1 is 1.21 bits per heavy atom. The summed E-state index contributed by atoms with van der Waals surface area (Å²) in [4.78, 5) is 24.7. The van der Waals surface area contributed by atoms with Crippen LogP contribution in [-0.4, -0.2) is 43.0 Å². The number of fused-ring (bicyclic) bond motifs is 2. The van der Waals surface area contributed by atoms with Gasteiger partial charge in [0.2, 0.25) is 6.23 Å². The molecule has 1 aromatic rings. The molecule has 1 saturated heterocycles. The van der Waals surface area contributed by atoms with Crippen LogP contribution in [-0.2, 0) is 14.3 Å². The summed E-state index contributed by atoms with van der Waals surface area (Å²) in [5.41, 5.74) is 5.64. The van der Waals surface area contributed by atoms with Crippen molar-refractivity contribution < 1.29 is 23.5 Å². The number of rotatable bonds is 6. The minimum atomic E-state index is -0.719. The third-order valence-electron chi connectivity index (χ3n) is 5.79. The van der Waals surface area contributed by atoms with Gasteiger partial charge in [-0.25, -0.2) is 15.2 Å². The van der Waals surface area contributed by atoms with Crippen molar-refractivity contribution in [1.29, 1.82) is 0 Å². The van der Waals surface area contributed by atoms with E-state index in [9.17, 15) is 14.0 Å². The highest BCUT2D eigenvalue weighted by atomic mass is 35.5. The fourth-order valence-corrected chi connectivity index (χ4v) is 4.31. The van der Waals surface area contributed by atoms with Crippen LogP contribution in [0.25, 0.3) is 0 Å². The molecular formula is C19H24ClFN4O4. The van der Waals surface area contributed by atoms with Crippen molar-refractivity contribution in [3.8, 4) is 5.75 Å². The average molecular weight is 427 g/mol. The van der Waals surface area contributed by atoms with Gasteiger partial charge in [0.05, 0.1) is 5.02 Å². The van der Waals surface area contributed by atoms with Crippen molar-refractivity contribution in [2.75, 3.05) is 6.61 Å². The normalized spacial score (nSPS) is 32.9. The molecule has 5 rings (SSSR count). The van der Waals surface area contributed by atoms with Gasteiger partial charge in [-0.1, -0.05) is 11.6 Å². The summed E-state index contributed by atoms with van der Waals surface area (Å²) in [6.45, 7) is 1.59. The van der Waals surface area contributed by atoms with Crippen LogP contribution in [0.4, 0.5) is 4.39 Å². The third kappa shape index (κ3) is 4.63. The molecule has 4 N–H and O–H groups in total. The molecule has 4 aliphatic rings.